The molecule has 0 radical (unpaired) electrons. The van der Waals surface area contributed by atoms with E-state index in [2.05, 4.69) is 11.3 Å². The Bertz CT molecular complexity index is 470. The fourth-order valence-corrected chi connectivity index (χ4v) is 1.09. The standard InChI is InChI=1S/C11H7F5O2/c1-2-3-4-18-11(17)5-6(12)8(14)10(16)9(15)7(5)13/h2H,1,3-4H2. The fraction of sp³-hybridized carbons (Fsp3) is 0.182. The van der Waals surface area contributed by atoms with E-state index >= 15 is 0 Å². The van der Waals surface area contributed by atoms with Gasteiger partial charge < -0.3 is 4.74 Å². The highest BCUT2D eigenvalue weighted by molar-refractivity contribution is 5.90. The number of esters is 1. The van der Waals surface area contributed by atoms with E-state index in [4.69, 9.17) is 0 Å². The number of benzene rings is 1. The van der Waals surface area contributed by atoms with Crippen LogP contribution < -0.4 is 0 Å². The molecule has 0 unspecified atom stereocenters. The van der Waals surface area contributed by atoms with Gasteiger partial charge >= 0.3 is 5.97 Å². The molecule has 0 aliphatic rings. The van der Waals surface area contributed by atoms with Crippen LogP contribution in [0, 0.1) is 29.1 Å². The summed E-state index contributed by atoms with van der Waals surface area (Å²) in [6, 6.07) is 0. The summed E-state index contributed by atoms with van der Waals surface area (Å²) in [5, 5.41) is 0. The van der Waals surface area contributed by atoms with Crippen LogP contribution in [0.3, 0.4) is 0 Å². The molecule has 0 aromatic heterocycles. The third-order valence-corrected chi connectivity index (χ3v) is 1.97. The Morgan fingerprint density at radius 3 is 1.89 bits per heavy atom. The highest BCUT2D eigenvalue weighted by atomic mass is 19.2. The molecule has 0 saturated carbocycles. The van der Waals surface area contributed by atoms with Gasteiger partial charge in [-0.2, -0.15) is 0 Å². The van der Waals surface area contributed by atoms with E-state index in [1.54, 1.807) is 0 Å². The smallest absolute Gasteiger partial charge is 0.344 e. The number of hydrogen-bond acceptors (Lipinski definition) is 2. The van der Waals surface area contributed by atoms with Crippen molar-refractivity contribution in [1.82, 2.24) is 0 Å². The Balaban J connectivity index is 3.16. The summed E-state index contributed by atoms with van der Waals surface area (Å²) in [5.74, 6) is -12.8. The normalized spacial score (nSPS) is 10.3. The molecule has 0 N–H and O–H groups in total. The second kappa shape index (κ2) is 5.61. The van der Waals surface area contributed by atoms with Gasteiger partial charge in [0.1, 0.15) is 5.56 Å². The molecule has 1 aromatic carbocycles. The second-order valence-electron chi connectivity index (χ2n) is 3.16. The maximum atomic E-state index is 13.1. The topological polar surface area (TPSA) is 26.3 Å². The molecule has 0 aliphatic heterocycles. The molecule has 18 heavy (non-hydrogen) atoms. The van der Waals surface area contributed by atoms with Crippen molar-refractivity contribution in [2.75, 3.05) is 6.61 Å². The van der Waals surface area contributed by atoms with E-state index in [1.165, 1.54) is 6.08 Å². The van der Waals surface area contributed by atoms with Gasteiger partial charge in [0, 0.05) is 0 Å². The molecule has 0 amide bonds. The van der Waals surface area contributed by atoms with Gasteiger partial charge in [-0.15, -0.1) is 6.58 Å². The maximum Gasteiger partial charge on any atom is 0.344 e. The lowest BCUT2D eigenvalue weighted by Gasteiger charge is -2.07. The van der Waals surface area contributed by atoms with E-state index in [-0.39, 0.29) is 13.0 Å². The lowest BCUT2D eigenvalue weighted by molar-refractivity contribution is 0.0497. The molecular weight excluding hydrogens is 259 g/mol. The lowest BCUT2D eigenvalue weighted by atomic mass is 10.1. The molecule has 7 heteroatoms. The molecule has 98 valence electrons. The minimum absolute atomic E-state index is 0.182. The number of carbonyl (C=O) groups excluding carboxylic acids is 1. The van der Waals surface area contributed by atoms with E-state index in [1.807, 2.05) is 0 Å². The molecular formula is C11H7F5O2. The van der Waals surface area contributed by atoms with Gasteiger partial charge in [0.15, 0.2) is 23.3 Å². The van der Waals surface area contributed by atoms with Crippen molar-refractivity contribution < 1.29 is 31.5 Å². The van der Waals surface area contributed by atoms with Crippen molar-refractivity contribution in [3.05, 3.63) is 47.3 Å². The Hall–Kier alpha value is -1.92. The van der Waals surface area contributed by atoms with Crippen LogP contribution in [0.25, 0.3) is 0 Å². The summed E-state index contributed by atoms with van der Waals surface area (Å²) in [6.07, 6.45) is 1.53. The Morgan fingerprint density at radius 1 is 1.00 bits per heavy atom. The quantitative estimate of drug-likeness (QED) is 0.209. The molecule has 0 heterocycles. The first-order chi connectivity index (χ1) is 8.41. The molecule has 0 atom stereocenters. The summed E-state index contributed by atoms with van der Waals surface area (Å²) < 4.78 is 68.8. The first-order valence-corrected chi connectivity index (χ1v) is 4.71. The molecule has 1 rings (SSSR count). The van der Waals surface area contributed by atoms with Crippen molar-refractivity contribution >= 4 is 5.97 Å². The van der Waals surface area contributed by atoms with Crippen molar-refractivity contribution in [1.29, 1.82) is 0 Å². The SMILES string of the molecule is C=CCCOC(=O)c1c(F)c(F)c(F)c(F)c1F. The zero-order valence-electron chi connectivity index (χ0n) is 8.90. The van der Waals surface area contributed by atoms with Crippen LogP contribution in [0.1, 0.15) is 16.8 Å². The highest BCUT2D eigenvalue weighted by Crippen LogP contribution is 2.23. The first kappa shape index (κ1) is 14.1. The Labute approximate surface area is 98.7 Å². The van der Waals surface area contributed by atoms with Crippen LogP contribution in [-0.4, -0.2) is 12.6 Å². The Kier molecular flexibility index (Phi) is 4.41. The van der Waals surface area contributed by atoms with Gasteiger partial charge in [0.25, 0.3) is 0 Å². The monoisotopic (exact) mass is 266 g/mol. The van der Waals surface area contributed by atoms with Crippen LogP contribution in [-0.2, 0) is 4.74 Å². The van der Waals surface area contributed by atoms with E-state index in [0.717, 1.165) is 0 Å². The van der Waals surface area contributed by atoms with Crippen LogP contribution in [0.2, 0.25) is 0 Å². The minimum Gasteiger partial charge on any atom is -0.462 e. The molecule has 0 spiro atoms. The van der Waals surface area contributed by atoms with Crippen molar-refractivity contribution in [3.63, 3.8) is 0 Å². The van der Waals surface area contributed by atoms with Gasteiger partial charge in [-0.1, -0.05) is 6.08 Å². The molecule has 2 nitrogen and oxygen atoms in total. The summed E-state index contributed by atoms with van der Waals surface area (Å²) in [6.45, 7) is 3.02. The predicted molar refractivity (Wildman–Crippen MR) is 51.3 cm³/mol. The van der Waals surface area contributed by atoms with Gasteiger partial charge in [-0.25, -0.2) is 26.7 Å². The first-order valence-electron chi connectivity index (χ1n) is 4.71. The van der Waals surface area contributed by atoms with Crippen LogP contribution in [0.4, 0.5) is 22.0 Å². The zero-order chi connectivity index (χ0) is 13.9. The number of carbonyl (C=O) groups is 1. The number of halogens is 5. The van der Waals surface area contributed by atoms with Crippen molar-refractivity contribution in [3.8, 4) is 0 Å². The largest absolute Gasteiger partial charge is 0.462 e. The molecule has 0 bridgehead atoms. The maximum absolute atomic E-state index is 13.1. The lowest BCUT2D eigenvalue weighted by Crippen LogP contribution is -2.15. The van der Waals surface area contributed by atoms with E-state index in [9.17, 15) is 26.7 Å². The van der Waals surface area contributed by atoms with Crippen LogP contribution in [0.5, 0.6) is 0 Å². The summed E-state index contributed by atoms with van der Waals surface area (Å²) >= 11 is 0. The summed E-state index contributed by atoms with van der Waals surface area (Å²) in [4.78, 5) is 11.2. The number of rotatable bonds is 4. The molecule has 0 fully saturated rings. The molecule has 1 aromatic rings. The van der Waals surface area contributed by atoms with Gasteiger partial charge in [0.05, 0.1) is 6.61 Å². The van der Waals surface area contributed by atoms with Crippen LogP contribution in [0.15, 0.2) is 12.7 Å². The molecule has 0 saturated heterocycles. The van der Waals surface area contributed by atoms with Crippen LogP contribution >= 0.6 is 0 Å². The third kappa shape index (κ3) is 2.49. The zero-order valence-corrected chi connectivity index (χ0v) is 8.90. The van der Waals surface area contributed by atoms with Gasteiger partial charge in [-0.3, -0.25) is 0 Å². The number of hydrogen-bond donors (Lipinski definition) is 0. The summed E-state index contributed by atoms with van der Waals surface area (Å²) in [5.41, 5.74) is -1.60. The van der Waals surface area contributed by atoms with E-state index in [0.29, 0.717) is 0 Å². The van der Waals surface area contributed by atoms with Crippen molar-refractivity contribution in [2.45, 2.75) is 6.42 Å². The minimum atomic E-state index is -2.33. The average Bonchev–Trinajstić information content (AvgIpc) is 2.34. The van der Waals surface area contributed by atoms with Gasteiger partial charge in [0.2, 0.25) is 5.82 Å². The predicted octanol–water partition coefficient (Wildman–Crippen LogP) is 3.12. The number of ether oxygens (including phenoxy) is 1. The second-order valence-corrected chi connectivity index (χ2v) is 3.16. The fourth-order valence-electron chi connectivity index (χ4n) is 1.09. The molecule has 0 aliphatic carbocycles. The third-order valence-electron chi connectivity index (χ3n) is 1.97. The average molecular weight is 266 g/mol. The summed E-state index contributed by atoms with van der Waals surface area (Å²) in [7, 11) is 0. The highest BCUT2D eigenvalue weighted by Gasteiger charge is 2.30. The Morgan fingerprint density at radius 2 is 1.44 bits per heavy atom. The van der Waals surface area contributed by atoms with Gasteiger partial charge in [-0.05, 0) is 6.42 Å². The van der Waals surface area contributed by atoms with E-state index < -0.39 is 40.6 Å². The van der Waals surface area contributed by atoms with Crippen molar-refractivity contribution in [2.24, 2.45) is 0 Å².